The summed E-state index contributed by atoms with van der Waals surface area (Å²) in [5.74, 6) is -0.691. The number of esters is 1. The fraction of sp³-hybridized carbons (Fsp3) is 0.238. The molecular weight excluding hydrogens is 328 g/mol. The maximum absolute atomic E-state index is 12.5. The van der Waals surface area contributed by atoms with Crippen molar-refractivity contribution in [1.29, 1.82) is 0 Å². The van der Waals surface area contributed by atoms with E-state index in [0.29, 0.717) is 17.8 Å². The summed E-state index contributed by atoms with van der Waals surface area (Å²) in [6.07, 6.45) is 1.76. The molecule has 0 aliphatic carbocycles. The molecule has 0 saturated heterocycles. The zero-order valence-corrected chi connectivity index (χ0v) is 15.2. The lowest BCUT2D eigenvalue weighted by Crippen LogP contribution is -2.17. The Morgan fingerprint density at radius 2 is 1.77 bits per heavy atom. The molecule has 0 N–H and O–H groups in total. The first-order valence-corrected chi connectivity index (χ1v) is 8.49. The van der Waals surface area contributed by atoms with Crippen LogP contribution in [0.5, 0.6) is 0 Å². The number of hydrogen-bond donors (Lipinski definition) is 0. The first kappa shape index (κ1) is 17.7. The monoisotopic (exact) mass is 350 g/mol. The summed E-state index contributed by atoms with van der Waals surface area (Å²) < 4.78 is 8.95. The van der Waals surface area contributed by atoms with Gasteiger partial charge in [0.25, 0.3) is 0 Å². The molecule has 3 aromatic rings. The summed E-state index contributed by atoms with van der Waals surface area (Å²) in [6, 6.07) is 15.4. The van der Waals surface area contributed by atoms with Gasteiger partial charge in [-0.15, -0.1) is 0 Å². The third-order valence-corrected chi connectivity index (χ3v) is 4.54. The summed E-state index contributed by atoms with van der Waals surface area (Å²) in [5, 5.41) is 0. The maximum Gasteiger partial charge on any atom is 0.355 e. The maximum atomic E-state index is 12.5. The van der Waals surface area contributed by atoms with Crippen LogP contribution in [0.4, 0.5) is 0 Å². The van der Waals surface area contributed by atoms with Crippen LogP contribution in [0.2, 0.25) is 0 Å². The highest BCUT2D eigenvalue weighted by Crippen LogP contribution is 2.18. The molecule has 0 fully saturated rings. The Morgan fingerprint density at radius 3 is 2.42 bits per heavy atom. The van der Waals surface area contributed by atoms with Crippen molar-refractivity contribution in [3.05, 3.63) is 82.9 Å². The van der Waals surface area contributed by atoms with Gasteiger partial charge in [0.2, 0.25) is 5.78 Å². The number of aromatic nitrogens is 2. The van der Waals surface area contributed by atoms with E-state index >= 15 is 0 Å². The van der Waals surface area contributed by atoms with Gasteiger partial charge in [0.1, 0.15) is 5.69 Å². The van der Waals surface area contributed by atoms with E-state index in [1.54, 1.807) is 29.9 Å². The highest BCUT2D eigenvalue weighted by atomic mass is 16.5. The Hall–Kier alpha value is -3.08. The van der Waals surface area contributed by atoms with Crippen molar-refractivity contribution < 1.29 is 14.3 Å². The number of carbonyl (C=O) groups is 2. The first-order valence-electron chi connectivity index (χ1n) is 8.49. The van der Waals surface area contributed by atoms with Crippen molar-refractivity contribution in [2.45, 2.75) is 20.4 Å². The van der Waals surface area contributed by atoms with Crippen molar-refractivity contribution in [2.24, 2.45) is 7.05 Å². The molecule has 2 heterocycles. The number of rotatable bonds is 6. The molecule has 0 amide bonds. The van der Waals surface area contributed by atoms with Crippen LogP contribution in [0.1, 0.15) is 37.8 Å². The van der Waals surface area contributed by atoms with Gasteiger partial charge in [-0.1, -0.05) is 30.3 Å². The molecule has 0 saturated carbocycles. The van der Waals surface area contributed by atoms with Crippen LogP contribution < -0.4 is 0 Å². The molecule has 0 radical (unpaired) electrons. The van der Waals surface area contributed by atoms with Gasteiger partial charge in [0.05, 0.1) is 0 Å². The molecule has 0 atom stereocenters. The van der Waals surface area contributed by atoms with Crippen LogP contribution >= 0.6 is 0 Å². The van der Waals surface area contributed by atoms with E-state index in [1.165, 1.54) is 5.56 Å². The molecule has 0 bridgehead atoms. The van der Waals surface area contributed by atoms with Crippen LogP contribution in [-0.4, -0.2) is 27.5 Å². The van der Waals surface area contributed by atoms with Gasteiger partial charge < -0.3 is 13.9 Å². The van der Waals surface area contributed by atoms with Crippen molar-refractivity contribution in [2.75, 3.05) is 6.61 Å². The van der Waals surface area contributed by atoms with Crippen molar-refractivity contribution in [1.82, 2.24) is 9.13 Å². The Morgan fingerprint density at radius 1 is 1.04 bits per heavy atom. The lowest BCUT2D eigenvalue weighted by Gasteiger charge is -2.10. The number of benzene rings is 1. The number of carbonyl (C=O) groups excluding carboxylic acids is 2. The lowest BCUT2D eigenvalue weighted by molar-refractivity contribution is 0.0465. The van der Waals surface area contributed by atoms with E-state index in [9.17, 15) is 9.59 Å². The summed E-state index contributed by atoms with van der Waals surface area (Å²) in [5.41, 5.74) is 4.07. The van der Waals surface area contributed by atoms with Crippen LogP contribution in [0.15, 0.2) is 54.7 Å². The highest BCUT2D eigenvalue weighted by molar-refractivity contribution is 6.00. The molecule has 3 rings (SSSR count). The fourth-order valence-electron chi connectivity index (χ4n) is 3.05. The molecule has 1 aromatic carbocycles. The van der Waals surface area contributed by atoms with Gasteiger partial charge in [-0.05, 0) is 37.6 Å². The summed E-state index contributed by atoms with van der Waals surface area (Å²) >= 11 is 0. The Kier molecular flexibility index (Phi) is 5.07. The van der Waals surface area contributed by atoms with Gasteiger partial charge >= 0.3 is 5.97 Å². The second-order valence-electron chi connectivity index (χ2n) is 6.36. The molecule has 5 nitrogen and oxygen atoms in total. The van der Waals surface area contributed by atoms with Crippen molar-refractivity contribution >= 4 is 11.8 Å². The third-order valence-electron chi connectivity index (χ3n) is 4.54. The molecule has 0 unspecified atom stereocenters. The average molecular weight is 350 g/mol. The van der Waals surface area contributed by atoms with E-state index in [1.807, 2.05) is 38.1 Å². The van der Waals surface area contributed by atoms with Crippen molar-refractivity contribution in [3.63, 3.8) is 0 Å². The number of ketones is 1. The molecule has 0 spiro atoms. The second-order valence-corrected chi connectivity index (χ2v) is 6.36. The minimum atomic E-state index is -0.496. The normalized spacial score (nSPS) is 10.7. The number of aryl methyl sites for hydroxylation is 2. The van der Waals surface area contributed by atoms with Gasteiger partial charge in [0.15, 0.2) is 6.61 Å². The van der Waals surface area contributed by atoms with E-state index in [4.69, 9.17) is 4.74 Å². The molecule has 5 heteroatoms. The van der Waals surface area contributed by atoms with Crippen molar-refractivity contribution in [3.8, 4) is 0 Å². The van der Waals surface area contributed by atoms with Crippen LogP contribution in [-0.2, 0) is 18.3 Å². The second kappa shape index (κ2) is 7.44. The minimum absolute atomic E-state index is 0.194. The van der Waals surface area contributed by atoms with E-state index in [0.717, 1.165) is 11.4 Å². The quantitative estimate of drug-likeness (QED) is 0.505. The fourth-order valence-corrected chi connectivity index (χ4v) is 3.05. The van der Waals surface area contributed by atoms with Gasteiger partial charge in [-0.2, -0.15) is 0 Å². The zero-order valence-electron chi connectivity index (χ0n) is 15.2. The predicted molar refractivity (Wildman–Crippen MR) is 99.5 cm³/mol. The first-order chi connectivity index (χ1) is 12.5. The van der Waals surface area contributed by atoms with Crippen LogP contribution in [0.3, 0.4) is 0 Å². The number of nitrogens with zero attached hydrogens (tertiary/aromatic N) is 2. The number of Topliss-reactive ketones (excluding diaryl/α,β-unsaturated/α-hetero) is 1. The van der Waals surface area contributed by atoms with E-state index < -0.39 is 5.97 Å². The molecular formula is C21H22N2O3. The largest absolute Gasteiger partial charge is 0.453 e. The lowest BCUT2D eigenvalue weighted by atomic mass is 10.1. The molecule has 134 valence electrons. The smallest absolute Gasteiger partial charge is 0.355 e. The number of hydrogen-bond acceptors (Lipinski definition) is 3. The van der Waals surface area contributed by atoms with Crippen LogP contribution in [0, 0.1) is 13.8 Å². The standard InChI is InChI=1S/C21H22N2O3/c1-15-12-18(16(2)23(15)13-17-8-5-4-6-9-17)20(24)14-26-21(25)19-10-7-11-22(19)3/h4-12H,13-14H2,1-3H3. The molecule has 26 heavy (non-hydrogen) atoms. The summed E-state index contributed by atoms with van der Waals surface area (Å²) in [6.45, 7) is 4.33. The molecule has 0 aliphatic heterocycles. The van der Waals surface area contributed by atoms with Gasteiger partial charge in [-0.25, -0.2) is 4.79 Å². The minimum Gasteiger partial charge on any atom is -0.453 e. The van der Waals surface area contributed by atoms with Gasteiger partial charge in [0, 0.05) is 36.7 Å². The number of ether oxygens (including phenoxy) is 1. The molecule has 2 aromatic heterocycles. The van der Waals surface area contributed by atoms with Crippen LogP contribution in [0.25, 0.3) is 0 Å². The Balaban J connectivity index is 1.71. The van der Waals surface area contributed by atoms with E-state index in [2.05, 4.69) is 16.7 Å². The average Bonchev–Trinajstić information content (AvgIpc) is 3.18. The Bertz CT molecular complexity index is 936. The summed E-state index contributed by atoms with van der Waals surface area (Å²) in [4.78, 5) is 24.6. The van der Waals surface area contributed by atoms with Gasteiger partial charge in [-0.3, -0.25) is 4.79 Å². The highest BCUT2D eigenvalue weighted by Gasteiger charge is 2.18. The zero-order chi connectivity index (χ0) is 18.7. The van der Waals surface area contributed by atoms with E-state index in [-0.39, 0.29) is 12.4 Å². The predicted octanol–water partition coefficient (Wildman–Crippen LogP) is 3.53. The Labute approximate surface area is 152 Å². The third kappa shape index (κ3) is 3.61. The molecule has 0 aliphatic rings. The summed E-state index contributed by atoms with van der Waals surface area (Å²) in [7, 11) is 1.76. The topological polar surface area (TPSA) is 53.2 Å². The SMILES string of the molecule is Cc1cc(C(=O)COC(=O)c2cccn2C)c(C)n1Cc1ccccc1.